The molecule has 3 rings (SSSR count). The van der Waals surface area contributed by atoms with Gasteiger partial charge in [0.1, 0.15) is 11.8 Å². The van der Waals surface area contributed by atoms with Crippen LogP contribution >= 0.6 is 11.6 Å². The van der Waals surface area contributed by atoms with Crippen LogP contribution in [0.15, 0.2) is 78.9 Å². The molecule has 0 unspecified atom stereocenters. The second-order valence-corrected chi connectivity index (χ2v) is 7.08. The molecule has 28 heavy (non-hydrogen) atoms. The molecule has 2 atom stereocenters. The Bertz CT molecular complexity index is 931. The summed E-state index contributed by atoms with van der Waals surface area (Å²) in [6.07, 6.45) is 0. The third-order valence-electron chi connectivity index (χ3n) is 4.63. The molecule has 0 heterocycles. The number of nitrogens with two attached hydrogens (primary N) is 1. The molecule has 0 spiro atoms. The average Bonchev–Trinajstić information content (AvgIpc) is 2.72. The SMILES string of the molecule is COc1cccc(NC(=O)[C@@H]([NH2+][C@@H](C)c2cccc(Cl)c2)c2ccccc2)c1. The van der Waals surface area contributed by atoms with E-state index in [0.29, 0.717) is 16.5 Å². The first-order valence-corrected chi connectivity index (χ1v) is 9.55. The number of rotatable bonds is 7. The second-order valence-electron chi connectivity index (χ2n) is 6.65. The van der Waals surface area contributed by atoms with E-state index in [9.17, 15) is 4.79 Å². The predicted octanol–water partition coefficient (Wildman–Crippen LogP) is 4.35. The number of anilines is 1. The lowest BCUT2D eigenvalue weighted by Crippen LogP contribution is -2.87. The number of carbonyl (C=O) groups excluding carboxylic acids is 1. The monoisotopic (exact) mass is 395 g/mol. The van der Waals surface area contributed by atoms with Crippen LogP contribution in [0.2, 0.25) is 5.02 Å². The molecule has 0 radical (unpaired) electrons. The Hall–Kier alpha value is -2.82. The van der Waals surface area contributed by atoms with Gasteiger partial charge in [-0.1, -0.05) is 60.1 Å². The number of benzene rings is 3. The summed E-state index contributed by atoms with van der Waals surface area (Å²) in [5, 5.41) is 5.75. The number of carbonyl (C=O) groups is 1. The highest BCUT2D eigenvalue weighted by Gasteiger charge is 2.27. The van der Waals surface area contributed by atoms with E-state index >= 15 is 0 Å². The first-order valence-electron chi connectivity index (χ1n) is 9.17. The molecular formula is C23H24ClN2O2+. The quantitative estimate of drug-likeness (QED) is 0.624. The lowest BCUT2D eigenvalue weighted by atomic mass is 10.0. The van der Waals surface area contributed by atoms with Crippen LogP contribution in [-0.4, -0.2) is 13.0 Å². The highest BCUT2D eigenvalue weighted by molar-refractivity contribution is 6.30. The normalized spacial score (nSPS) is 12.8. The number of ether oxygens (including phenoxy) is 1. The molecule has 0 aromatic heterocycles. The van der Waals surface area contributed by atoms with Crippen LogP contribution in [0.1, 0.15) is 30.1 Å². The Kier molecular flexibility index (Phi) is 6.69. The summed E-state index contributed by atoms with van der Waals surface area (Å²) in [6.45, 7) is 2.07. The second kappa shape index (κ2) is 9.40. The van der Waals surface area contributed by atoms with Crippen molar-refractivity contribution in [2.75, 3.05) is 12.4 Å². The van der Waals surface area contributed by atoms with E-state index in [4.69, 9.17) is 16.3 Å². The van der Waals surface area contributed by atoms with Gasteiger partial charge in [0.05, 0.1) is 7.11 Å². The zero-order chi connectivity index (χ0) is 19.9. The third-order valence-corrected chi connectivity index (χ3v) is 4.87. The van der Waals surface area contributed by atoms with Crippen LogP contribution in [0.25, 0.3) is 0 Å². The maximum Gasteiger partial charge on any atom is 0.287 e. The standard InChI is InChI=1S/C23H23ClN2O2/c1-16(18-10-6-11-19(24)14-18)25-22(17-8-4-3-5-9-17)23(27)26-20-12-7-13-21(15-20)28-2/h3-16,22,25H,1-2H3,(H,26,27)/p+1/t16-,22-/m0/s1. The van der Waals surface area contributed by atoms with Crippen LogP contribution in [0, 0.1) is 0 Å². The van der Waals surface area contributed by atoms with Gasteiger partial charge in [-0.15, -0.1) is 0 Å². The number of methoxy groups -OCH3 is 1. The van der Waals surface area contributed by atoms with Crippen molar-refractivity contribution in [3.63, 3.8) is 0 Å². The fourth-order valence-electron chi connectivity index (χ4n) is 3.12. The van der Waals surface area contributed by atoms with Gasteiger partial charge >= 0.3 is 0 Å². The number of halogens is 1. The molecular weight excluding hydrogens is 372 g/mol. The fourth-order valence-corrected chi connectivity index (χ4v) is 3.32. The van der Waals surface area contributed by atoms with Crippen molar-refractivity contribution in [2.45, 2.75) is 19.0 Å². The van der Waals surface area contributed by atoms with Crippen molar-refractivity contribution >= 4 is 23.2 Å². The van der Waals surface area contributed by atoms with Crippen molar-refractivity contribution in [1.82, 2.24) is 0 Å². The van der Waals surface area contributed by atoms with E-state index in [1.54, 1.807) is 13.2 Å². The number of quaternary nitrogens is 1. The molecule has 144 valence electrons. The van der Waals surface area contributed by atoms with Crippen LogP contribution in [0.3, 0.4) is 0 Å². The van der Waals surface area contributed by atoms with Gasteiger partial charge < -0.3 is 15.4 Å². The fraction of sp³-hybridized carbons (Fsp3) is 0.174. The molecule has 1 amide bonds. The summed E-state index contributed by atoms with van der Waals surface area (Å²) in [6, 6.07) is 24.5. The van der Waals surface area contributed by atoms with Crippen LogP contribution in [0.5, 0.6) is 5.75 Å². The maximum atomic E-state index is 13.1. The summed E-state index contributed by atoms with van der Waals surface area (Å²) < 4.78 is 5.24. The highest BCUT2D eigenvalue weighted by Crippen LogP contribution is 2.20. The smallest absolute Gasteiger partial charge is 0.287 e. The zero-order valence-electron chi connectivity index (χ0n) is 15.9. The Balaban J connectivity index is 1.83. The van der Waals surface area contributed by atoms with Gasteiger partial charge in [0, 0.05) is 27.9 Å². The largest absolute Gasteiger partial charge is 0.497 e. The van der Waals surface area contributed by atoms with E-state index in [-0.39, 0.29) is 11.9 Å². The van der Waals surface area contributed by atoms with E-state index in [1.807, 2.05) is 72.8 Å². The molecule has 3 N–H and O–H groups in total. The lowest BCUT2D eigenvalue weighted by molar-refractivity contribution is -0.718. The van der Waals surface area contributed by atoms with Crippen molar-refractivity contribution in [3.8, 4) is 5.75 Å². The minimum absolute atomic E-state index is 0.0555. The molecule has 4 nitrogen and oxygen atoms in total. The predicted molar refractivity (Wildman–Crippen MR) is 113 cm³/mol. The topological polar surface area (TPSA) is 54.9 Å². The summed E-state index contributed by atoms with van der Waals surface area (Å²) in [5.41, 5.74) is 2.72. The number of hydrogen-bond donors (Lipinski definition) is 2. The summed E-state index contributed by atoms with van der Waals surface area (Å²) in [4.78, 5) is 13.1. The molecule has 0 bridgehead atoms. The van der Waals surface area contributed by atoms with Crippen LogP contribution in [-0.2, 0) is 4.79 Å². The molecule has 3 aromatic carbocycles. The van der Waals surface area contributed by atoms with Gasteiger partial charge in [-0.25, -0.2) is 0 Å². The number of hydrogen-bond acceptors (Lipinski definition) is 2. The molecule has 0 saturated carbocycles. The van der Waals surface area contributed by atoms with Crippen LogP contribution in [0.4, 0.5) is 5.69 Å². The van der Waals surface area contributed by atoms with Gasteiger partial charge in [0.25, 0.3) is 5.91 Å². The third kappa shape index (κ3) is 5.12. The maximum absolute atomic E-state index is 13.1. The van der Waals surface area contributed by atoms with E-state index < -0.39 is 6.04 Å². The van der Waals surface area contributed by atoms with Crippen LogP contribution < -0.4 is 15.4 Å². The number of nitrogens with one attached hydrogen (secondary N) is 1. The molecule has 0 aliphatic carbocycles. The Morgan fingerprint density at radius 1 is 0.964 bits per heavy atom. The van der Waals surface area contributed by atoms with Crippen molar-refractivity contribution in [3.05, 3.63) is 95.0 Å². The Labute approximate surface area is 170 Å². The minimum Gasteiger partial charge on any atom is -0.497 e. The molecule has 3 aromatic rings. The van der Waals surface area contributed by atoms with Gasteiger partial charge in [0.2, 0.25) is 0 Å². The van der Waals surface area contributed by atoms with Gasteiger partial charge in [-0.3, -0.25) is 4.79 Å². The molecule has 0 saturated heterocycles. The number of amides is 1. The first-order chi connectivity index (χ1) is 13.6. The molecule has 0 aliphatic heterocycles. The van der Waals surface area contributed by atoms with Crippen molar-refractivity contribution in [1.29, 1.82) is 0 Å². The molecule has 0 fully saturated rings. The average molecular weight is 396 g/mol. The highest BCUT2D eigenvalue weighted by atomic mass is 35.5. The summed E-state index contributed by atoms with van der Waals surface area (Å²) >= 11 is 6.14. The lowest BCUT2D eigenvalue weighted by Gasteiger charge is -2.20. The Morgan fingerprint density at radius 3 is 2.39 bits per heavy atom. The zero-order valence-corrected chi connectivity index (χ0v) is 16.7. The van der Waals surface area contributed by atoms with Gasteiger partial charge in [-0.05, 0) is 31.2 Å². The first kappa shape index (κ1) is 19.9. The van der Waals surface area contributed by atoms with Gasteiger partial charge in [-0.2, -0.15) is 0 Å². The molecule has 5 heteroatoms. The van der Waals surface area contributed by atoms with E-state index in [0.717, 1.165) is 11.1 Å². The minimum atomic E-state index is -0.401. The van der Waals surface area contributed by atoms with Crippen molar-refractivity contribution < 1.29 is 14.8 Å². The van der Waals surface area contributed by atoms with Crippen molar-refractivity contribution in [2.24, 2.45) is 0 Å². The van der Waals surface area contributed by atoms with Gasteiger partial charge in [0.15, 0.2) is 6.04 Å². The van der Waals surface area contributed by atoms with E-state index in [1.165, 1.54) is 0 Å². The summed E-state index contributed by atoms with van der Waals surface area (Å²) in [7, 11) is 1.61. The molecule has 0 aliphatic rings. The Morgan fingerprint density at radius 2 is 1.68 bits per heavy atom. The summed E-state index contributed by atoms with van der Waals surface area (Å²) in [5.74, 6) is 0.610. The van der Waals surface area contributed by atoms with E-state index in [2.05, 4.69) is 17.6 Å².